The van der Waals surface area contributed by atoms with Gasteiger partial charge in [-0.1, -0.05) is 0 Å². The van der Waals surface area contributed by atoms with Crippen molar-refractivity contribution < 1.29 is 9.50 Å². The van der Waals surface area contributed by atoms with Gasteiger partial charge in [0, 0.05) is 4.90 Å². The highest BCUT2D eigenvalue weighted by atomic mass is 32.2. The predicted octanol–water partition coefficient (Wildman–Crippen LogP) is 2.46. The Kier molecular flexibility index (Phi) is 3.44. The minimum atomic E-state index is -0.726. The van der Waals surface area contributed by atoms with Crippen LogP contribution in [0.15, 0.2) is 28.5 Å². The lowest BCUT2D eigenvalue weighted by molar-refractivity contribution is 0.196. The van der Waals surface area contributed by atoms with E-state index in [9.17, 15) is 9.50 Å². The number of nitrogens with zero attached hydrogens (tertiary/aromatic N) is 2. The number of H-pyrrole nitrogens is 1. The number of benzene rings is 1. The second-order valence-corrected chi connectivity index (χ2v) is 4.74. The first-order chi connectivity index (χ1) is 8.08. The zero-order chi connectivity index (χ0) is 12.4. The topological polar surface area (TPSA) is 61.8 Å². The highest BCUT2D eigenvalue weighted by Gasteiger charge is 2.13. The highest BCUT2D eigenvalue weighted by Crippen LogP contribution is 2.33. The molecular formula is C11H12FN3OS. The first-order valence-corrected chi connectivity index (χ1v) is 5.91. The Labute approximate surface area is 102 Å². The van der Waals surface area contributed by atoms with E-state index in [0.29, 0.717) is 16.3 Å². The smallest absolute Gasteiger partial charge is 0.188 e. The third kappa shape index (κ3) is 2.65. The summed E-state index contributed by atoms with van der Waals surface area (Å²) in [6.07, 6.45) is 0.677. The predicted molar refractivity (Wildman–Crippen MR) is 62.3 cm³/mol. The molecule has 2 N–H and O–H groups in total. The van der Waals surface area contributed by atoms with Crippen LogP contribution >= 0.6 is 11.8 Å². The SMILES string of the molecule is Cc1cc(Sc2ncn[nH]2)c(C(C)O)cc1F. The van der Waals surface area contributed by atoms with Crippen molar-refractivity contribution in [3.05, 3.63) is 35.4 Å². The maximum Gasteiger partial charge on any atom is 0.188 e. The van der Waals surface area contributed by atoms with E-state index in [4.69, 9.17) is 0 Å². The van der Waals surface area contributed by atoms with Gasteiger partial charge in [-0.25, -0.2) is 9.37 Å². The monoisotopic (exact) mass is 253 g/mol. The van der Waals surface area contributed by atoms with Gasteiger partial charge < -0.3 is 5.11 Å². The van der Waals surface area contributed by atoms with Gasteiger partial charge in [0.25, 0.3) is 0 Å². The van der Waals surface area contributed by atoms with E-state index in [1.165, 1.54) is 24.2 Å². The minimum absolute atomic E-state index is 0.317. The molecular weight excluding hydrogens is 241 g/mol. The summed E-state index contributed by atoms with van der Waals surface area (Å²) in [5, 5.41) is 16.7. The number of halogens is 1. The summed E-state index contributed by atoms with van der Waals surface area (Å²) < 4.78 is 13.4. The standard InChI is InChI=1S/C11H12FN3OS/c1-6-3-10(17-11-13-5-14-15-11)8(7(2)16)4-9(6)12/h3-5,7,16H,1-2H3,(H,13,14,15). The molecule has 0 saturated carbocycles. The summed E-state index contributed by atoms with van der Waals surface area (Å²) in [4.78, 5) is 4.76. The lowest BCUT2D eigenvalue weighted by atomic mass is 10.1. The number of aliphatic hydroxyl groups is 1. The molecule has 0 radical (unpaired) electrons. The molecule has 90 valence electrons. The fraction of sp³-hybridized carbons (Fsp3) is 0.273. The molecule has 0 saturated heterocycles. The van der Waals surface area contributed by atoms with Crippen molar-refractivity contribution in [2.75, 3.05) is 0 Å². The van der Waals surface area contributed by atoms with Crippen molar-refractivity contribution in [1.82, 2.24) is 15.2 Å². The fourth-order valence-electron chi connectivity index (χ4n) is 1.43. The molecule has 1 heterocycles. The molecule has 6 heteroatoms. The van der Waals surface area contributed by atoms with Crippen molar-refractivity contribution in [3.63, 3.8) is 0 Å². The van der Waals surface area contributed by atoms with Gasteiger partial charge in [0.2, 0.25) is 0 Å². The van der Waals surface area contributed by atoms with Crippen LogP contribution in [0.4, 0.5) is 4.39 Å². The van der Waals surface area contributed by atoms with Crippen LogP contribution in [-0.2, 0) is 0 Å². The zero-order valence-electron chi connectivity index (χ0n) is 9.44. The molecule has 1 aromatic carbocycles. The Balaban J connectivity index is 2.41. The molecule has 1 atom stereocenters. The summed E-state index contributed by atoms with van der Waals surface area (Å²) in [5.41, 5.74) is 1.09. The molecule has 0 fully saturated rings. The van der Waals surface area contributed by atoms with Gasteiger partial charge in [-0.2, -0.15) is 5.10 Å². The van der Waals surface area contributed by atoms with Crippen LogP contribution in [0.5, 0.6) is 0 Å². The molecule has 0 aliphatic carbocycles. The van der Waals surface area contributed by atoms with Gasteiger partial charge in [-0.05, 0) is 48.9 Å². The van der Waals surface area contributed by atoms with E-state index in [1.54, 1.807) is 19.9 Å². The van der Waals surface area contributed by atoms with E-state index >= 15 is 0 Å². The number of aromatic amines is 1. The lowest BCUT2D eigenvalue weighted by Crippen LogP contribution is -1.97. The van der Waals surface area contributed by atoms with Gasteiger partial charge in [0.05, 0.1) is 6.10 Å². The van der Waals surface area contributed by atoms with E-state index in [-0.39, 0.29) is 5.82 Å². The van der Waals surface area contributed by atoms with Crippen molar-refractivity contribution in [2.45, 2.75) is 30.0 Å². The third-order valence-corrected chi connectivity index (χ3v) is 3.30. The molecule has 0 bridgehead atoms. The van der Waals surface area contributed by atoms with Gasteiger partial charge >= 0.3 is 0 Å². The van der Waals surface area contributed by atoms with Crippen LogP contribution in [0.25, 0.3) is 0 Å². The van der Waals surface area contributed by atoms with Crippen LogP contribution in [0.3, 0.4) is 0 Å². The van der Waals surface area contributed by atoms with Gasteiger partial charge in [-0.15, -0.1) is 0 Å². The normalized spacial score (nSPS) is 12.7. The van der Waals surface area contributed by atoms with Crippen LogP contribution in [0.2, 0.25) is 0 Å². The summed E-state index contributed by atoms with van der Waals surface area (Å²) in [7, 11) is 0. The van der Waals surface area contributed by atoms with Gasteiger partial charge in [0.15, 0.2) is 5.16 Å². The summed E-state index contributed by atoms with van der Waals surface area (Å²) in [5.74, 6) is -0.317. The van der Waals surface area contributed by atoms with E-state index in [2.05, 4.69) is 15.2 Å². The second kappa shape index (κ2) is 4.85. The van der Waals surface area contributed by atoms with Crippen LogP contribution < -0.4 is 0 Å². The molecule has 17 heavy (non-hydrogen) atoms. The molecule has 2 rings (SSSR count). The Morgan fingerprint density at radius 3 is 2.82 bits per heavy atom. The summed E-state index contributed by atoms with van der Waals surface area (Å²) >= 11 is 1.32. The van der Waals surface area contributed by atoms with E-state index in [0.717, 1.165) is 4.90 Å². The van der Waals surface area contributed by atoms with E-state index in [1.807, 2.05) is 0 Å². The Hall–Kier alpha value is -1.40. The average molecular weight is 253 g/mol. The molecule has 1 aromatic heterocycles. The molecule has 0 spiro atoms. The third-order valence-electron chi connectivity index (χ3n) is 2.34. The van der Waals surface area contributed by atoms with Crippen molar-refractivity contribution in [3.8, 4) is 0 Å². The first-order valence-electron chi connectivity index (χ1n) is 5.09. The lowest BCUT2D eigenvalue weighted by Gasteiger charge is -2.12. The maximum absolute atomic E-state index is 13.4. The minimum Gasteiger partial charge on any atom is -0.389 e. The van der Waals surface area contributed by atoms with Crippen LogP contribution in [0, 0.1) is 12.7 Å². The molecule has 0 amide bonds. The van der Waals surface area contributed by atoms with Crippen molar-refractivity contribution >= 4 is 11.8 Å². The van der Waals surface area contributed by atoms with Gasteiger partial charge in [0.1, 0.15) is 12.1 Å². The fourth-order valence-corrected chi connectivity index (χ4v) is 2.42. The van der Waals surface area contributed by atoms with E-state index < -0.39 is 6.10 Å². The number of hydrogen-bond acceptors (Lipinski definition) is 4. The van der Waals surface area contributed by atoms with Crippen molar-refractivity contribution in [2.24, 2.45) is 0 Å². The Morgan fingerprint density at radius 2 is 2.24 bits per heavy atom. The summed E-state index contributed by atoms with van der Waals surface area (Å²) in [6.45, 7) is 3.29. The van der Waals surface area contributed by atoms with Crippen LogP contribution in [0.1, 0.15) is 24.2 Å². The number of hydrogen-bond donors (Lipinski definition) is 2. The zero-order valence-corrected chi connectivity index (χ0v) is 10.3. The first kappa shape index (κ1) is 12.1. The largest absolute Gasteiger partial charge is 0.389 e. The second-order valence-electron chi connectivity index (χ2n) is 3.71. The summed E-state index contributed by atoms with van der Waals surface area (Å²) in [6, 6.07) is 3.06. The van der Waals surface area contributed by atoms with Crippen LogP contribution in [-0.4, -0.2) is 20.3 Å². The molecule has 0 aliphatic rings. The van der Waals surface area contributed by atoms with Gasteiger partial charge in [-0.3, -0.25) is 5.10 Å². The Morgan fingerprint density at radius 1 is 1.47 bits per heavy atom. The van der Waals surface area contributed by atoms with Crippen molar-refractivity contribution in [1.29, 1.82) is 0 Å². The molecule has 1 unspecified atom stereocenters. The number of aromatic nitrogens is 3. The average Bonchev–Trinajstić information content (AvgIpc) is 2.75. The molecule has 0 aliphatic heterocycles. The number of aliphatic hydroxyl groups excluding tert-OH is 1. The number of nitrogens with one attached hydrogen (secondary N) is 1. The number of aryl methyl sites for hydroxylation is 1. The molecule has 4 nitrogen and oxygen atoms in total. The molecule has 2 aromatic rings. The Bertz CT molecular complexity index is 514. The highest BCUT2D eigenvalue weighted by molar-refractivity contribution is 7.99. The maximum atomic E-state index is 13.4. The number of rotatable bonds is 3. The quantitative estimate of drug-likeness (QED) is 0.882.